The normalized spacial score (nSPS) is 11.2. The lowest BCUT2D eigenvalue weighted by atomic mass is 10.1. The number of pyridine rings is 2. The van der Waals surface area contributed by atoms with Gasteiger partial charge in [-0.1, -0.05) is 12.1 Å². The zero-order chi connectivity index (χ0) is 12.4. The minimum Gasteiger partial charge on any atom is -0.396 e. The molecule has 3 aromatic rings. The van der Waals surface area contributed by atoms with Crippen LogP contribution in [0.4, 0.5) is 0 Å². The molecule has 0 aliphatic carbocycles. The first kappa shape index (κ1) is 11.4. The van der Waals surface area contributed by atoms with Gasteiger partial charge in [-0.15, -0.1) is 11.8 Å². The van der Waals surface area contributed by atoms with Crippen LogP contribution >= 0.6 is 11.8 Å². The number of hydrogen-bond donors (Lipinski definition) is 1. The zero-order valence-electron chi connectivity index (χ0n) is 9.71. The Morgan fingerprint density at radius 3 is 2.67 bits per heavy atom. The Balaban J connectivity index is 2.32. The minimum absolute atomic E-state index is 0.178. The van der Waals surface area contributed by atoms with E-state index in [1.165, 1.54) is 0 Å². The maximum Gasteiger partial charge on any atom is 0.0975 e. The monoisotopic (exact) mass is 256 g/mol. The van der Waals surface area contributed by atoms with E-state index in [1.807, 2.05) is 18.2 Å². The van der Waals surface area contributed by atoms with Crippen molar-refractivity contribution in [1.82, 2.24) is 9.97 Å². The molecule has 0 aliphatic rings. The van der Waals surface area contributed by atoms with Gasteiger partial charge >= 0.3 is 0 Å². The fourth-order valence-electron chi connectivity index (χ4n) is 2.02. The standard InChI is InChI=1S/C14H12N2OS/c17-7-8-18-12-9-10-3-1-5-15-13(10)14-11(12)4-2-6-16-14/h1-6,9,17H,7-8H2. The Labute approximate surface area is 109 Å². The van der Waals surface area contributed by atoms with Crippen LogP contribution in [0.2, 0.25) is 0 Å². The average Bonchev–Trinajstić information content (AvgIpc) is 2.45. The SMILES string of the molecule is OCCSc1cc2cccnc2c2ncccc12. The molecule has 4 heteroatoms. The zero-order valence-corrected chi connectivity index (χ0v) is 10.5. The second-order valence-corrected chi connectivity index (χ2v) is 5.06. The Hall–Kier alpha value is -1.65. The lowest BCUT2D eigenvalue weighted by Gasteiger charge is -2.08. The van der Waals surface area contributed by atoms with Crippen LogP contribution in [0.1, 0.15) is 0 Å². The maximum absolute atomic E-state index is 8.96. The van der Waals surface area contributed by atoms with Crippen molar-refractivity contribution in [1.29, 1.82) is 0 Å². The van der Waals surface area contributed by atoms with Crippen LogP contribution in [0.5, 0.6) is 0 Å². The van der Waals surface area contributed by atoms with Gasteiger partial charge in [-0.2, -0.15) is 0 Å². The number of thioether (sulfide) groups is 1. The molecule has 3 rings (SSSR count). The molecule has 0 saturated heterocycles. The van der Waals surface area contributed by atoms with Crippen molar-refractivity contribution in [3.05, 3.63) is 42.7 Å². The molecule has 0 bridgehead atoms. The van der Waals surface area contributed by atoms with E-state index in [9.17, 15) is 0 Å². The topological polar surface area (TPSA) is 46.0 Å². The van der Waals surface area contributed by atoms with Crippen LogP contribution in [-0.4, -0.2) is 27.4 Å². The van der Waals surface area contributed by atoms with Crippen molar-refractivity contribution in [3.8, 4) is 0 Å². The first-order chi connectivity index (χ1) is 8.90. The van der Waals surface area contributed by atoms with Crippen molar-refractivity contribution in [3.63, 3.8) is 0 Å². The summed E-state index contributed by atoms with van der Waals surface area (Å²) < 4.78 is 0. The molecule has 3 nitrogen and oxygen atoms in total. The predicted octanol–water partition coefficient (Wildman–Crippen LogP) is 2.87. The second-order valence-electron chi connectivity index (χ2n) is 3.92. The molecule has 0 radical (unpaired) electrons. The van der Waals surface area contributed by atoms with Gasteiger partial charge in [0.1, 0.15) is 0 Å². The van der Waals surface area contributed by atoms with Crippen LogP contribution < -0.4 is 0 Å². The number of nitrogens with zero attached hydrogens (tertiary/aromatic N) is 2. The molecule has 18 heavy (non-hydrogen) atoms. The van der Waals surface area contributed by atoms with Crippen molar-refractivity contribution in [2.75, 3.05) is 12.4 Å². The predicted molar refractivity (Wildman–Crippen MR) is 74.9 cm³/mol. The van der Waals surface area contributed by atoms with Gasteiger partial charge in [-0.25, -0.2) is 0 Å². The van der Waals surface area contributed by atoms with Gasteiger partial charge in [0.25, 0.3) is 0 Å². The molecule has 90 valence electrons. The largest absolute Gasteiger partial charge is 0.396 e. The van der Waals surface area contributed by atoms with E-state index in [1.54, 1.807) is 24.2 Å². The summed E-state index contributed by atoms with van der Waals surface area (Å²) >= 11 is 1.65. The summed E-state index contributed by atoms with van der Waals surface area (Å²) in [5.41, 5.74) is 1.86. The van der Waals surface area contributed by atoms with Crippen molar-refractivity contribution >= 4 is 33.6 Å². The van der Waals surface area contributed by atoms with E-state index in [2.05, 4.69) is 22.1 Å². The van der Waals surface area contributed by atoms with Crippen molar-refractivity contribution in [2.45, 2.75) is 4.90 Å². The highest BCUT2D eigenvalue weighted by molar-refractivity contribution is 7.99. The van der Waals surface area contributed by atoms with Crippen LogP contribution in [0.25, 0.3) is 21.8 Å². The molecule has 0 unspecified atom stereocenters. The van der Waals surface area contributed by atoms with Crippen LogP contribution in [0.15, 0.2) is 47.6 Å². The van der Waals surface area contributed by atoms with Gasteiger partial charge in [0.05, 0.1) is 17.6 Å². The molecule has 1 aromatic carbocycles. The summed E-state index contributed by atoms with van der Waals surface area (Å²) in [5.74, 6) is 0.690. The lowest BCUT2D eigenvalue weighted by molar-refractivity contribution is 0.322. The summed E-state index contributed by atoms with van der Waals surface area (Å²) in [4.78, 5) is 10.00. The van der Waals surface area contributed by atoms with Crippen LogP contribution in [0.3, 0.4) is 0 Å². The number of aromatic nitrogens is 2. The van der Waals surface area contributed by atoms with Gasteiger partial charge in [-0.05, 0) is 18.2 Å². The summed E-state index contributed by atoms with van der Waals surface area (Å²) in [6.45, 7) is 0.178. The van der Waals surface area contributed by atoms with Crippen LogP contribution in [-0.2, 0) is 0 Å². The van der Waals surface area contributed by atoms with Crippen molar-refractivity contribution < 1.29 is 5.11 Å². The summed E-state index contributed by atoms with van der Waals surface area (Å²) in [6.07, 6.45) is 3.58. The van der Waals surface area contributed by atoms with Gasteiger partial charge in [-0.3, -0.25) is 9.97 Å². The first-order valence-corrected chi connectivity index (χ1v) is 6.75. The molecule has 0 amide bonds. The molecule has 0 atom stereocenters. The van der Waals surface area contributed by atoms with E-state index in [4.69, 9.17) is 5.11 Å². The molecule has 1 N–H and O–H groups in total. The highest BCUT2D eigenvalue weighted by atomic mass is 32.2. The van der Waals surface area contributed by atoms with Gasteiger partial charge in [0, 0.05) is 33.8 Å². The van der Waals surface area contributed by atoms with Crippen molar-refractivity contribution in [2.24, 2.45) is 0 Å². The van der Waals surface area contributed by atoms with E-state index in [0.717, 1.165) is 26.7 Å². The minimum atomic E-state index is 0.178. The lowest BCUT2D eigenvalue weighted by Crippen LogP contribution is -1.90. The maximum atomic E-state index is 8.96. The fourth-order valence-corrected chi connectivity index (χ4v) is 2.86. The number of rotatable bonds is 3. The molecule has 0 spiro atoms. The molecular formula is C14H12N2OS. The van der Waals surface area contributed by atoms with Crippen LogP contribution in [0, 0.1) is 0 Å². The number of fused-ring (bicyclic) bond motifs is 3. The fraction of sp³-hybridized carbons (Fsp3) is 0.143. The average molecular weight is 256 g/mol. The van der Waals surface area contributed by atoms with Gasteiger partial charge in [0.15, 0.2) is 0 Å². The third kappa shape index (κ3) is 1.94. The number of hydrogen-bond acceptors (Lipinski definition) is 4. The highest BCUT2D eigenvalue weighted by Crippen LogP contribution is 2.31. The van der Waals surface area contributed by atoms with Gasteiger partial charge < -0.3 is 5.11 Å². The number of aliphatic hydroxyl groups excluding tert-OH is 1. The molecule has 2 aromatic heterocycles. The number of benzene rings is 1. The Morgan fingerprint density at radius 1 is 1.06 bits per heavy atom. The Bertz CT molecular complexity index is 700. The first-order valence-electron chi connectivity index (χ1n) is 5.76. The summed E-state index contributed by atoms with van der Waals surface area (Å²) in [5, 5.41) is 11.2. The molecular weight excluding hydrogens is 244 g/mol. The van der Waals surface area contributed by atoms with Gasteiger partial charge in [0.2, 0.25) is 0 Å². The Morgan fingerprint density at radius 2 is 1.83 bits per heavy atom. The Kier molecular flexibility index (Phi) is 3.13. The van der Waals surface area contributed by atoms with E-state index >= 15 is 0 Å². The third-order valence-corrected chi connectivity index (χ3v) is 3.81. The summed E-state index contributed by atoms with van der Waals surface area (Å²) in [6, 6.07) is 10.1. The third-order valence-electron chi connectivity index (χ3n) is 2.77. The second kappa shape index (κ2) is 4.92. The summed E-state index contributed by atoms with van der Waals surface area (Å²) in [7, 11) is 0. The smallest absolute Gasteiger partial charge is 0.0975 e. The number of aliphatic hydroxyl groups is 1. The highest BCUT2D eigenvalue weighted by Gasteiger charge is 2.08. The molecule has 0 saturated carbocycles. The van der Waals surface area contributed by atoms with E-state index < -0.39 is 0 Å². The molecule has 2 heterocycles. The van der Waals surface area contributed by atoms with E-state index in [-0.39, 0.29) is 6.61 Å². The molecule has 0 fully saturated rings. The van der Waals surface area contributed by atoms with E-state index in [0.29, 0.717) is 5.75 Å². The molecule has 0 aliphatic heterocycles. The quantitative estimate of drug-likeness (QED) is 0.578.